The highest BCUT2D eigenvalue weighted by Gasteiger charge is 2.20. The molecule has 2 aromatic rings. The predicted molar refractivity (Wildman–Crippen MR) is 73.9 cm³/mol. The van der Waals surface area contributed by atoms with Crippen LogP contribution < -0.4 is 10.1 Å². The Balaban J connectivity index is 1.87. The van der Waals surface area contributed by atoms with Crippen LogP contribution in [0, 0.1) is 0 Å². The van der Waals surface area contributed by atoms with Crippen molar-refractivity contribution in [3.8, 4) is 17.0 Å². The molecule has 0 spiro atoms. The fourth-order valence-electron chi connectivity index (χ4n) is 2.07. The number of hydrogen-bond donors (Lipinski definition) is 1. The van der Waals surface area contributed by atoms with E-state index in [-0.39, 0.29) is 0 Å². The van der Waals surface area contributed by atoms with Gasteiger partial charge in [-0.3, -0.25) is 9.97 Å². The molecule has 1 aliphatic rings. The minimum Gasteiger partial charge on any atom is -0.496 e. The summed E-state index contributed by atoms with van der Waals surface area (Å²) in [5.41, 5.74) is 3.12. The number of nitrogens with one attached hydrogen (secondary N) is 1. The van der Waals surface area contributed by atoms with Gasteiger partial charge in [-0.15, -0.1) is 0 Å². The van der Waals surface area contributed by atoms with Crippen molar-refractivity contribution in [2.45, 2.75) is 25.4 Å². The van der Waals surface area contributed by atoms with E-state index in [1.54, 1.807) is 25.7 Å². The molecule has 1 aliphatic carbocycles. The maximum Gasteiger partial charge on any atom is 0.123 e. The lowest BCUT2D eigenvalue weighted by Crippen LogP contribution is -2.15. The maximum absolute atomic E-state index is 5.41. The number of rotatable bonds is 5. The summed E-state index contributed by atoms with van der Waals surface area (Å²) in [6, 6.07) is 6.82. The molecule has 0 unspecified atom stereocenters. The van der Waals surface area contributed by atoms with Crippen molar-refractivity contribution in [1.82, 2.24) is 15.3 Å². The van der Waals surface area contributed by atoms with Crippen molar-refractivity contribution in [3.63, 3.8) is 0 Å². The quantitative estimate of drug-likeness (QED) is 0.891. The lowest BCUT2D eigenvalue weighted by Gasteiger charge is -2.11. The number of methoxy groups -OCH3 is 1. The van der Waals surface area contributed by atoms with Crippen molar-refractivity contribution >= 4 is 0 Å². The van der Waals surface area contributed by atoms with Crippen LogP contribution >= 0.6 is 0 Å². The van der Waals surface area contributed by atoms with E-state index in [9.17, 15) is 0 Å². The van der Waals surface area contributed by atoms with Crippen LogP contribution in [0.4, 0.5) is 0 Å². The summed E-state index contributed by atoms with van der Waals surface area (Å²) in [5.74, 6) is 0.917. The Labute approximate surface area is 112 Å². The molecule has 0 amide bonds. The molecular weight excluding hydrogens is 238 g/mol. The predicted octanol–water partition coefficient (Wildman–Crippen LogP) is 2.40. The second-order valence-corrected chi connectivity index (χ2v) is 4.77. The van der Waals surface area contributed by atoms with Gasteiger partial charge < -0.3 is 10.1 Å². The molecule has 4 nitrogen and oxygen atoms in total. The highest BCUT2D eigenvalue weighted by Crippen LogP contribution is 2.26. The Morgan fingerprint density at radius 1 is 1.32 bits per heavy atom. The molecule has 0 radical (unpaired) electrons. The Kier molecular flexibility index (Phi) is 3.42. The Morgan fingerprint density at radius 2 is 2.21 bits per heavy atom. The molecule has 1 heterocycles. The van der Waals surface area contributed by atoms with Crippen LogP contribution in [0.15, 0.2) is 36.8 Å². The highest BCUT2D eigenvalue weighted by molar-refractivity contribution is 5.61. The summed E-state index contributed by atoms with van der Waals surface area (Å²) in [5, 5.41) is 3.51. The molecule has 0 bridgehead atoms. The number of benzene rings is 1. The maximum atomic E-state index is 5.41. The van der Waals surface area contributed by atoms with Crippen LogP contribution in [-0.2, 0) is 6.54 Å². The first-order valence-electron chi connectivity index (χ1n) is 6.53. The summed E-state index contributed by atoms with van der Waals surface area (Å²) in [4.78, 5) is 8.44. The van der Waals surface area contributed by atoms with Gasteiger partial charge in [-0.25, -0.2) is 0 Å². The van der Waals surface area contributed by atoms with Crippen LogP contribution in [-0.4, -0.2) is 23.1 Å². The lowest BCUT2D eigenvalue weighted by atomic mass is 10.1. The standard InChI is InChI=1S/C15H17N3O/c1-19-15-5-2-11(14-10-16-6-7-17-14)8-12(15)9-18-13-3-4-13/h2,5-8,10,13,18H,3-4,9H2,1H3. The van der Waals surface area contributed by atoms with Gasteiger partial charge in [0.2, 0.25) is 0 Å². The first-order chi connectivity index (χ1) is 9.36. The molecule has 1 aromatic heterocycles. The van der Waals surface area contributed by atoms with Crippen molar-refractivity contribution in [1.29, 1.82) is 0 Å². The van der Waals surface area contributed by atoms with Gasteiger partial charge in [0.25, 0.3) is 0 Å². The largest absolute Gasteiger partial charge is 0.496 e. The van der Waals surface area contributed by atoms with Gasteiger partial charge in [0.15, 0.2) is 0 Å². The van der Waals surface area contributed by atoms with E-state index in [4.69, 9.17) is 4.74 Å². The van der Waals surface area contributed by atoms with Crippen molar-refractivity contribution in [2.75, 3.05) is 7.11 Å². The molecule has 0 aliphatic heterocycles. The van der Waals surface area contributed by atoms with Gasteiger partial charge in [0.1, 0.15) is 5.75 Å². The first-order valence-corrected chi connectivity index (χ1v) is 6.53. The van der Waals surface area contributed by atoms with Gasteiger partial charge in [-0.2, -0.15) is 0 Å². The monoisotopic (exact) mass is 255 g/mol. The summed E-state index contributed by atoms with van der Waals surface area (Å²) in [6.07, 6.45) is 7.74. The molecule has 98 valence electrons. The van der Waals surface area contributed by atoms with Gasteiger partial charge in [-0.1, -0.05) is 0 Å². The van der Waals surface area contributed by atoms with Gasteiger partial charge in [-0.05, 0) is 31.0 Å². The molecule has 1 saturated carbocycles. The molecule has 0 saturated heterocycles. The Bertz CT molecular complexity index is 553. The number of aromatic nitrogens is 2. The number of nitrogens with zero attached hydrogens (tertiary/aromatic N) is 2. The lowest BCUT2D eigenvalue weighted by molar-refractivity contribution is 0.407. The minimum atomic E-state index is 0.685. The minimum absolute atomic E-state index is 0.685. The smallest absolute Gasteiger partial charge is 0.123 e. The third kappa shape index (κ3) is 2.90. The molecule has 1 aromatic carbocycles. The summed E-state index contributed by atoms with van der Waals surface area (Å²) >= 11 is 0. The topological polar surface area (TPSA) is 47.0 Å². The summed E-state index contributed by atoms with van der Waals surface area (Å²) in [6.45, 7) is 0.835. The van der Waals surface area contributed by atoms with E-state index in [2.05, 4.69) is 21.4 Å². The molecule has 0 atom stereocenters. The Morgan fingerprint density at radius 3 is 2.89 bits per heavy atom. The fourth-order valence-corrected chi connectivity index (χ4v) is 2.07. The third-order valence-corrected chi connectivity index (χ3v) is 3.30. The van der Waals surface area contributed by atoms with Crippen LogP contribution in [0.2, 0.25) is 0 Å². The van der Waals surface area contributed by atoms with Crippen LogP contribution in [0.1, 0.15) is 18.4 Å². The van der Waals surface area contributed by atoms with E-state index in [1.807, 2.05) is 12.1 Å². The average molecular weight is 255 g/mol. The van der Waals surface area contributed by atoms with E-state index in [0.29, 0.717) is 6.04 Å². The number of hydrogen-bond acceptors (Lipinski definition) is 4. The molecule has 1 fully saturated rings. The van der Waals surface area contributed by atoms with Crippen LogP contribution in [0.3, 0.4) is 0 Å². The molecular formula is C15H17N3O. The zero-order valence-corrected chi connectivity index (χ0v) is 11.0. The van der Waals surface area contributed by atoms with Crippen LogP contribution in [0.25, 0.3) is 11.3 Å². The molecule has 4 heteroatoms. The zero-order chi connectivity index (χ0) is 13.1. The van der Waals surface area contributed by atoms with Crippen molar-refractivity contribution < 1.29 is 4.74 Å². The van der Waals surface area contributed by atoms with Gasteiger partial charge >= 0.3 is 0 Å². The second-order valence-electron chi connectivity index (χ2n) is 4.77. The van der Waals surface area contributed by atoms with Gasteiger partial charge in [0.05, 0.1) is 19.0 Å². The van der Waals surface area contributed by atoms with E-state index in [0.717, 1.165) is 29.1 Å². The van der Waals surface area contributed by atoms with E-state index in [1.165, 1.54) is 12.8 Å². The normalized spacial score (nSPS) is 14.4. The summed E-state index contributed by atoms with van der Waals surface area (Å²) in [7, 11) is 1.71. The first kappa shape index (κ1) is 12.1. The van der Waals surface area contributed by atoms with Crippen LogP contribution in [0.5, 0.6) is 5.75 Å². The molecule has 1 N–H and O–H groups in total. The second kappa shape index (κ2) is 5.36. The Hall–Kier alpha value is -1.94. The zero-order valence-electron chi connectivity index (χ0n) is 11.0. The fraction of sp³-hybridized carbons (Fsp3) is 0.333. The van der Waals surface area contributed by atoms with Crippen molar-refractivity contribution in [3.05, 3.63) is 42.4 Å². The van der Waals surface area contributed by atoms with E-state index >= 15 is 0 Å². The van der Waals surface area contributed by atoms with Gasteiger partial charge in [0, 0.05) is 36.1 Å². The molecule has 3 rings (SSSR count). The third-order valence-electron chi connectivity index (χ3n) is 3.30. The summed E-state index contributed by atoms with van der Waals surface area (Å²) < 4.78 is 5.41. The average Bonchev–Trinajstić information content (AvgIpc) is 3.30. The molecule has 19 heavy (non-hydrogen) atoms. The SMILES string of the molecule is COc1ccc(-c2cnccn2)cc1CNC1CC1. The highest BCUT2D eigenvalue weighted by atomic mass is 16.5. The van der Waals surface area contributed by atoms with Crippen molar-refractivity contribution in [2.24, 2.45) is 0 Å². The number of ether oxygens (including phenoxy) is 1. The van der Waals surface area contributed by atoms with E-state index < -0.39 is 0 Å².